The van der Waals surface area contributed by atoms with Gasteiger partial charge in [0.25, 0.3) is 0 Å². The van der Waals surface area contributed by atoms with Crippen molar-refractivity contribution in [2.24, 2.45) is 17.4 Å². The summed E-state index contributed by atoms with van der Waals surface area (Å²) in [6, 6.07) is -4.57. The lowest BCUT2D eigenvalue weighted by molar-refractivity contribution is -0.143. The molecule has 0 aliphatic rings. The SMILES string of the molecule is CSCC[C@H](NC(=O)[C@H](C)NC(=O)CNC(=O)[C@H](CCC(N)=O)NC(=O)[C@H](CO)NC(=O)[C@@H](N)CC(C)C)C(=O)N[C@@H](CC(=O)O)C(=O)N[C@@H](Cc1ccc(O)cc1)C(=O)O. The van der Waals surface area contributed by atoms with Crippen molar-refractivity contribution in [1.82, 2.24) is 37.2 Å². The molecule has 0 fully saturated rings. The number of benzene rings is 1. The molecule has 23 nitrogen and oxygen atoms in total. The smallest absolute Gasteiger partial charge is 0.326 e. The number of carbonyl (C=O) groups is 10. The van der Waals surface area contributed by atoms with Crippen LogP contribution in [0.15, 0.2) is 24.3 Å². The van der Waals surface area contributed by atoms with Gasteiger partial charge in [-0.05, 0) is 61.8 Å². The van der Waals surface area contributed by atoms with E-state index in [1.807, 2.05) is 13.8 Å². The lowest BCUT2D eigenvalue weighted by atomic mass is 10.0. The summed E-state index contributed by atoms with van der Waals surface area (Å²) < 4.78 is 0. The number of thioether (sulfide) groups is 1. The lowest BCUT2D eigenvalue weighted by Crippen LogP contribution is -2.58. The van der Waals surface area contributed by atoms with Crippen molar-refractivity contribution in [3.8, 4) is 5.75 Å². The Morgan fingerprint density at radius 3 is 1.75 bits per heavy atom. The van der Waals surface area contributed by atoms with Crippen molar-refractivity contribution in [3.63, 3.8) is 0 Å². The Hall–Kier alpha value is -6.01. The topological polar surface area (TPSA) is 388 Å². The fourth-order valence-electron chi connectivity index (χ4n) is 5.36. The van der Waals surface area contributed by atoms with E-state index in [1.54, 1.807) is 6.26 Å². The molecule has 0 saturated heterocycles. The number of aliphatic hydroxyl groups is 1. The molecule has 0 radical (unpaired) electrons. The number of carboxylic acids is 2. The summed E-state index contributed by atoms with van der Waals surface area (Å²) >= 11 is 1.29. The molecule has 0 unspecified atom stereocenters. The Bertz CT molecular complexity index is 1720. The molecule has 1 aromatic carbocycles. The molecule has 1 aromatic rings. The van der Waals surface area contributed by atoms with Gasteiger partial charge in [0.2, 0.25) is 47.3 Å². The van der Waals surface area contributed by atoms with E-state index in [-0.39, 0.29) is 43.8 Å². The van der Waals surface area contributed by atoms with Crippen LogP contribution in [0.2, 0.25) is 0 Å². The summed E-state index contributed by atoms with van der Waals surface area (Å²) in [5.41, 5.74) is 11.5. The molecule has 0 aliphatic carbocycles. The summed E-state index contributed by atoms with van der Waals surface area (Å²) in [5, 5.41) is 54.4. The molecule has 0 aliphatic heterocycles. The van der Waals surface area contributed by atoms with Crippen LogP contribution in [0, 0.1) is 5.92 Å². The zero-order valence-electron chi connectivity index (χ0n) is 34.2. The van der Waals surface area contributed by atoms with Crippen LogP contribution < -0.4 is 48.7 Å². The second-order valence-electron chi connectivity index (χ2n) is 14.3. The Morgan fingerprint density at radius 2 is 1.21 bits per heavy atom. The van der Waals surface area contributed by atoms with Gasteiger partial charge in [-0.1, -0.05) is 26.0 Å². The first kappa shape index (κ1) is 53.0. The number of aromatic hydroxyl groups is 1. The van der Waals surface area contributed by atoms with Crippen molar-refractivity contribution in [3.05, 3.63) is 29.8 Å². The van der Waals surface area contributed by atoms with E-state index in [1.165, 1.54) is 43.0 Å². The van der Waals surface area contributed by atoms with Crippen LogP contribution in [-0.2, 0) is 54.4 Å². The first-order valence-electron chi connectivity index (χ1n) is 19.0. The predicted molar refractivity (Wildman–Crippen MR) is 218 cm³/mol. The highest BCUT2D eigenvalue weighted by Crippen LogP contribution is 2.12. The van der Waals surface area contributed by atoms with E-state index < -0.39 is 121 Å². The molecule has 0 heterocycles. The molecule has 61 heavy (non-hydrogen) atoms. The molecule has 8 amide bonds. The largest absolute Gasteiger partial charge is 0.508 e. The number of rotatable bonds is 28. The highest BCUT2D eigenvalue weighted by Gasteiger charge is 2.33. The fraction of sp³-hybridized carbons (Fsp3) is 0.568. The van der Waals surface area contributed by atoms with Crippen LogP contribution in [0.5, 0.6) is 5.75 Å². The van der Waals surface area contributed by atoms with Crippen LogP contribution in [0.1, 0.15) is 58.4 Å². The normalized spacial score (nSPS) is 14.3. The van der Waals surface area contributed by atoms with Gasteiger partial charge < -0.3 is 69.1 Å². The number of aliphatic carboxylic acids is 2. The third kappa shape index (κ3) is 20.7. The number of aliphatic hydroxyl groups excluding tert-OH is 1. The van der Waals surface area contributed by atoms with E-state index in [2.05, 4.69) is 37.2 Å². The van der Waals surface area contributed by atoms with E-state index in [9.17, 15) is 68.4 Å². The average molecular weight is 884 g/mol. The van der Waals surface area contributed by atoms with E-state index in [4.69, 9.17) is 11.5 Å². The van der Waals surface area contributed by atoms with E-state index >= 15 is 0 Å². The number of hydrogen-bond acceptors (Lipinski definition) is 14. The molecule has 7 atom stereocenters. The fourth-order valence-corrected chi connectivity index (χ4v) is 5.83. The number of nitrogens with two attached hydrogens (primary N) is 2. The molecule has 15 N–H and O–H groups in total. The van der Waals surface area contributed by atoms with Crippen LogP contribution in [0.25, 0.3) is 0 Å². The summed E-state index contributed by atoms with van der Waals surface area (Å²) in [6.45, 7) is 3.27. The van der Waals surface area contributed by atoms with Gasteiger partial charge in [0, 0.05) is 12.8 Å². The van der Waals surface area contributed by atoms with Gasteiger partial charge >= 0.3 is 11.9 Å². The van der Waals surface area contributed by atoms with Crippen molar-refractivity contribution in [2.75, 3.05) is 25.2 Å². The molecular weight excluding hydrogens is 827 g/mol. The second kappa shape index (κ2) is 27.0. The monoisotopic (exact) mass is 883 g/mol. The van der Waals surface area contributed by atoms with Gasteiger partial charge in [0.15, 0.2) is 0 Å². The molecule has 340 valence electrons. The van der Waals surface area contributed by atoms with Gasteiger partial charge in [-0.25, -0.2) is 4.79 Å². The Labute approximate surface area is 355 Å². The third-order valence-electron chi connectivity index (χ3n) is 8.63. The van der Waals surface area contributed by atoms with Crippen LogP contribution in [-0.4, -0.2) is 147 Å². The number of amides is 8. The first-order chi connectivity index (χ1) is 28.6. The van der Waals surface area contributed by atoms with Crippen LogP contribution >= 0.6 is 11.8 Å². The zero-order valence-corrected chi connectivity index (χ0v) is 35.0. The summed E-state index contributed by atoms with van der Waals surface area (Å²) in [7, 11) is 0. The number of primary amides is 1. The van der Waals surface area contributed by atoms with Crippen molar-refractivity contribution in [2.45, 2.75) is 102 Å². The minimum absolute atomic E-state index is 0.0283. The van der Waals surface area contributed by atoms with Crippen LogP contribution in [0.4, 0.5) is 0 Å². The number of carbonyl (C=O) groups excluding carboxylic acids is 8. The summed E-state index contributed by atoms with van der Waals surface area (Å²) in [6.07, 6.45) is 0.0371. The van der Waals surface area contributed by atoms with Gasteiger partial charge in [-0.3, -0.25) is 43.2 Å². The highest BCUT2D eigenvalue weighted by molar-refractivity contribution is 7.98. The number of phenolic OH excluding ortho intramolecular Hbond substituents is 1. The van der Waals surface area contributed by atoms with Crippen LogP contribution in [0.3, 0.4) is 0 Å². The van der Waals surface area contributed by atoms with Gasteiger partial charge in [-0.15, -0.1) is 0 Å². The maximum absolute atomic E-state index is 13.4. The Kier molecular flexibility index (Phi) is 23.4. The van der Waals surface area contributed by atoms with Gasteiger partial charge in [0.05, 0.1) is 25.6 Å². The summed E-state index contributed by atoms with van der Waals surface area (Å²) in [5.74, 6) is -10.2. The molecule has 0 spiro atoms. The molecule has 1 rings (SSSR count). The Balaban J connectivity index is 2.97. The van der Waals surface area contributed by atoms with Crippen molar-refractivity contribution < 1.29 is 68.4 Å². The molecule has 0 saturated carbocycles. The van der Waals surface area contributed by atoms with E-state index in [0.717, 1.165) is 0 Å². The maximum Gasteiger partial charge on any atom is 0.326 e. The number of phenols is 1. The quantitative estimate of drug-likeness (QED) is 0.0381. The number of nitrogens with one attached hydrogen (secondary N) is 7. The molecule has 24 heteroatoms. The number of hydrogen-bond donors (Lipinski definition) is 13. The zero-order chi connectivity index (χ0) is 46.4. The van der Waals surface area contributed by atoms with E-state index in [0.29, 0.717) is 11.3 Å². The standard InChI is InChI=1S/C37H57N9O14S/c1-18(2)13-22(38)32(54)46-27(17-47)36(58)43-23(9-10-28(39)49)33(55)40-16-29(50)41-19(3)31(53)42-24(11-12-61-4)34(56)44-25(15-30(51)52)35(57)45-26(37(59)60)14-20-5-7-21(48)8-6-20/h5-8,18-19,22-27,47-48H,9-17,38H2,1-4H3,(H2,39,49)(H,40,55)(H,41,50)(H,42,53)(H,43,58)(H,44,56)(H,45,57)(H,46,54)(H,51,52)(H,59,60)/t19-,22-,23-,24-,25-,26-,27-/m0/s1. The summed E-state index contributed by atoms with van der Waals surface area (Å²) in [4.78, 5) is 126. The second-order valence-corrected chi connectivity index (χ2v) is 15.3. The van der Waals surface area contributed by atoms with Crippen molar-refractivity contribution >= 4 is 71.0 Å². The minimum Gasteiger partial charge on any atom is -0.508 e. The Morgan fingerprint density at radius 1 is 0.689 bits per heavy atom. The van der Waals surface area contributed by atoms with Gasteiger partial charge in [-0.2, -0.15) is 11.8 Å². The highest BCUT2D eigenvalue weighted by atomic mass is 32.2. The average Bonchev–Trinajstić information content (AvgIpc) is 3.18. The molecule has 0 aromatic heterocycles. The number of carboxylic acid groups (broad SMARTS) is 2. The maximum atomic E-state index is 13.4. The third-order valence-corrected chi connectivity index (χ3v) is 9.27. The predicted octanol–water partition coefficient (Wildman–Crippen LogP) is -4.08. The van der Waals surface area contributed by atoms with Gasteiger partial charge in [0.1, 0.15) is 42.0 Å². The molecular formula is C37H57N9O14S. The van der Waals surface area contributed by atoms with Crippen molar-refractivity contribution in [1.29, 1.82) is 0 Å². The first-order valence-corrected chi connectivity index (χ1v) is 20.4. The minimum atomic E-state index is -1.78. The lowest BCUT2D eigenvalue weighted by Gasteiger charge is -2.25. The molecule has 0 bridgehead atoms.